The molecule has 0 bridgehead atoms. The molecule has 17 heavy (non-hydrogen) atoms. The smallest absolute Gasteiger partial charge is 0.341 e. The van der Waals surface area contributed by atoms with E-state index in [4.69, 9.17) is 16.3 Å². The van der Waals surface area contributed by atoms with Gasteiger partial charge in [-0.2, -0.15) is 0 Å². The molecule has 1 aromatic heterocycles. The van der Waals surface area contributed by atoms with Gasteiger partial charge in [0.05, 0.1) is 17.3 Å². The highest BCUT2D eigenvalue weighted by molar-refractivity contribution is 9.08. The van der Waals surface area contributed by atoms with Gasteiger partial charge in [0, 0.05) is 5.33 Å². The van der Waals surface area contributed by atoms with Gasteiger partial charge in [-0.25, -0.2) is 18.6 Å². The van der Waals surface area contributed by atoms with E-state index < -0.39 is 18.1 Å². The van der Waals surface area contributed by atoms with Crippen molar-refractivity contribution < 1.29 is 18.3 Å². The number of rotatable bonds is 4. The van der Waals surface area contributed by atoms with Crippen molar-refractivity contribution in [2.75, 3.05) is 6.61 Å². The first-order chi connectivity index (χ1) is 8.01. The van der Waals surface area contributed by atoms with E-state index in [0.29, 0.717) is 0 Å². The minimum absolute atomic E-state index is 0.0230. The van der Waals surface area contributed by atoms with Crippen LogP contribution in [0.3, 0.4) is 0 Å². The minimum atomic E-state index is -2.73. The molecular weight excluding hydrogens is 319 g/mol. The van der Waals surface area contributed by atoms with E-state index in [9.17, 15) is 13.6 Å². The van der Waals surface area contributed by atoms with Crippen LogP contribution in [0.25, 0.3) is 0 Å². The van der Waals surface area contributed by atoms with Gasteiger partial charge in [0.1, 0.15) is 11.3 Å². The van der Waals surface area contributed by atoms with Crippen LogP contribution in [-0.4, -0.2) is 17.6 Å². The van der Waals surface area contributed by atoms with Crippen LogP contribution in [-0.2, 0) is 10.1 Å². The molecule has 0 saturated carbocycles. The Morgan fingerprint density at radius 3 is 2.76 bits per heavy atom. The van der Waals surface area contributed by atoms with Gasteiger partial charge in [-0.15, -0.1) is 0 Å². The third-order valence-electron chi connectivity index (χ3n) is 1.90. The SMILES string of the molecule is CCOC(=O)c1c(Cl)cc(C(F)F)nc1CBr. The molecule has 0 fully saturated rings. The van der Waals surface area contributed by atoms with Crippen LogP contribution in [0.4, 0.5) is 8.78 Å². The van der Waals surface area contributed by atoms with Crippen molar-refractivity contribution in [2.45, 2.75) is 18.7 Å². The number of carbonyl (C=O) groups is 1. The monoisotopic (exact) mass is 327 g/mol. The van der Waals surface area contributed by atoms with Gasteiger partial charge in [-0.1, -0.05) is 27.5 Å². The Bertz CT molecular complexity index is 429. The van der Waals surface area contributed by atoms with Gasteiger partial charge in [0.25, 0.3) is 6.43 Å². The maximum atomic E-state index is 12.5. The number of aromatic nitrogens is 1. The van der Waals surface area contributed by atoms with Crippen LogP contribution in [0.2, 0.25) is 5.02 Å². The van der Waals surface area contributed by atoms with Crippen molar-refractivity contribution in [1.29, 1.82) is 0 Å². The van der Waals surface area contributed by atoms with Crippen LogP contribution in [0, 0.1) is 0 Å². The largest absolute Gasteiger partial charge is 0.462 e. The summed E-state index contributed by atoms with van der Waals surface area (Å²) >= 11 is 8.86. The predicted octanol–water partition coefficient (Wildman–Crippen LogP) is 3.74. The maximum absolute atomic E-state index is 12.5. The predicted molar refractivity (Wildman–Crippen MR) is 62.8 cm³/mol. The third kappa shape index (κ3) is 3.35. The van der Waals surface area contributed by atoms with Gasteiger partial charge in [0.15, 0.2) is 0 Å². The second-order valence-electron chi connectivity index (χ2n) is 3.01. The highest BCUT2D eigenvalue weighted by Crippen LogP contribution is 2.27. The van der Waals surface area contributed by atoms with E-state index in [-0.39, 0.29) is 28.2 Å². The Kier molecular flexibility index (Phi) is 5.27. The Morgan fingerprint density at radius 1 is 1.65 bits per heavy atom. The molecule has 1 rings (SSSR count). The van der Waals surface area contributed by atoms with Crippen molar-refractivity contribution in [3.63, 3.8) is 0 Å². The quantitative estimate of drug-likeness (QED) is 0.624. The molecule has 0 spiro atoms. The Morgan fingerprint density at radius 2 is 2.29 bits per heavy atom. The Labute approximate surface area is 110 Å². The fraction of sp³-hybridized carbons (Fsp3) is 0.400. The summed E-state index contributed by atoms with van der Waals surface area (Å²) in [6.45, 7) is 1.81. The van der Waals surface area contributed by atoms with Crippen molar-refractivity contribution in [3.05, 3.63) is 28.0 Å². The molecule has 0 aliphatic carbocycles. The number of hydrogen-bond donors (Lipinski definition) is 0. The van der Waals surface area contributed by atoms with Crippen molar-refractivity contribution in [2.24, 2.45) is 0 Å². The summed E-state index contributed by atoms with van der Waals surface area (Å²) in [5.74, 6) is -0.666. The summed E-state index contributed by atoms with van der Waals surface area (Å²) in [6.07, 6.45) is -2.73. The first-order valence-corrected chi connectivity index (χ1v) is 6.21. The number of alkyl halides is 3. The van der Waals surface area contributed by atoms with Crippen LogP contribution in [0.5, 0.6) is 0 Å². The molecule has 0 saturated heterocycles. The Balaban J connectivity index is 3.25. The van der Waals surface area contributed by atoms with Crippen LogP contribution >= 0.6 is 27.5 Å². The molecule has 0 radical (unpaired) electrons. The summed E-state index contributed by atoms with van der Waals surface area (Å²) in [5, 5.41) is 0.0599. The van der Waals surface area contributed by atoms with E-state index >= 15 is 0 Å². The van der Waals surface area contributed by atoms with Crippen molar-refractivity contribution in [1.82, 2.24) is 4.98 Å². The van der Waals surface area contributed by atoms with E-state index in [1.807, 2.05) is 0 Å². The zero-order chi connectivity index (χ0) is 13.0. The average Bonchev–Trinajstić information content (AvgIpc) is 2.27. The molecule has 1 heterocycles. The molecule has 0 aliphatic heterocycles. The molecule has 0 amide bonds. The summed E-state index contributed by atoms with van der Waals surface area (Å²) in [5.41, 5.74) is -0.293. The lowest BCUT2D eigenvalue weighted by Gasteiger charge is -2.10. The zero-order valence-electron chi connectivity index (χ0n) is 8.84. The molecule has 0 N–H and O–H groups in total. The molecule has 7 heteroatoms. The van der Waals surface area contributed by atoms with Gasteiger partial charge in [-0.3, -0.25) is 0 Å². The average molecular weight is 329 g/mol. The van der Waals surface area contributed by atoms with Gasteiger partial charge >= 0.3 is 5.97 Å². The number of ether oxygens (including phenoxy) is 1. The Hall–Kier alpha value is -0.750. The van der Waals surface area contributed by atoms with Gasteiger partial charge < -0.3 is 4.74 Å². The van der Waals surface area contributed by atoms with Crippen molar-refractivity contribution >= 4 is 33.5 Å². The number of halogens is 4. The van der Waals surface area contributed by atoms with E-state index in [0.717, 1.165) is 6.07 Å². The fourth-order valence-electron chi connectivity index (χ4n) is 1.21. The number of nitrogens with zero attached hydrogens (tertiary/aromatic N) is 1. The molecule has 0 unspecified atom stereocenters. The molecule has 0 aromatic carbocycles. The summed E-state index contributed by atoms with van der Waals surface area (Å²) in [4.78, 5) is 15.2. The molecule has 94 valence electrons. The van der Waals surface area contributed by atoms with Gasteiger partial charge in [0.2, 0.25) is 0 Å². The first-order valence-electron chi connectivity index (χ1n) is 4.71. The number of hydrogen-bond acceptors (Lipinski definition) is 3. The first kappa shape index (κ1) is 14.3. The van der Waals surface area contributed by atoms with E-state index in [1.165, 1.54) is 0 Å². The topological polar surface area (TPSA) is 39.2 Å². The van der Waals surface area contributed by atoms with Crippen LogP contribution < -0.4 is 0 Å². The zero-order valence-corrected chi connectivity index (χ0v) is 11.2. The van der Waals surface area contributed by atoms with E-state index in [2.05, 4.69) is 20.9 Å². The standard InChI is InChI=1S/C10H9BrClF2NO2/c1-2-17-10(16)8-5(12)3-6(9(13)14)15-7(8)4-11/h3,9H,2,4H2,1H3. The van der Waals surface area contributed by atoms with E-state index in [1.54, 1.807) is 6.92 Å². The number of esters is 1. The molecule has 1 aromatic rings. The highest BCUT2D eigenvalue weighted by Gasteiger charge is 2.21. The lowest BCUT2D eigenvalue weighted by atomic mass is 10.2. The van der Waals surface area contributed by atoms with Crippen LogP contribution in [0.1, 0.15) is 35.1 Å². The molecule has 3 nitrogen and oxygen atoms in total. The minimum Gasteiger partial charge on any atom is -0.462 e. The maximum Gasteiger partial charge on any atom is 0.341 e. The second-order valence-corrected chi connectivity index (χ2v) is 3.97. The summed E-state index contributed by atoms with van der Waals surface area (Å²) in [7, 11) is 0. The molecule has 0 aliphatic rings. The van der Waals surface area contributed by atoms with Gasteiger partial charge in [-0.05, 0) is 13.0 Å². The second kappa shape index (κ2) is 6.26. The summed E-state index contributed by atoms with van der Waals surface area (Å²) in [6, 6.07) is 0.977. The normalized spacial score (nSPS) is 10.7. The van der Waals surface area contributed by atoms with Crippen LogP contribution in [0.15, 0.2) is 6.07 Å². The lowest BCUT2D eigenvalue weighted by Crippen LogP contribution is -2.11. The third-order valence-corrected chi connectivity index (χ3v) is 2.73. The fourth-order valence-corrected chi connectivity index (χ4v) is 1.91. The number of pyridine rings is 1. The molecule has 0 atom stereocenters. The molecular formula is C10H9BrClF2NO2. The highest BCUT2D eigenvalue weighted by atomic mass is 79.9. The van der Waals surface area contributed by atoms with Crippen molar-refractivity contribution in [3.8, 4) is 0 Å². The lowest BCUT2D eigenvalue weighted by molar-refractivity contribution is 0.0524. The number of carbonyl (C=O) groups excluding carboxylic acids is 1. The summed E-state index contributed by atoms with van der Waals surface area (Å²) < 4.78 is 29.8.